The first-order valence-electron chi connectivity index (χ1n) is 9.33. The van der Waals surface area contributed by atoms with E-state index in [1.165, 1.54) is 12.4 Å². The minimum Gasteiger partial charge on any atom is -0.496 e. The van der Waals surface area contributed by atoms with Gasteiger partial charge in [0.25, 0.3) is 0 Å². The lowest BCUT2D eigenvalue weighted by molar-refractivity contribution is 0.193. The highest BCUT2D eigenvalue weighted by molar-refractivity contribution is 5.77. The number of rotatable bonds is 9. The molecule has 0 aliphatic carbocycles. The van der Waals surface area contributed by atoms with Gasteiger partial charge in [0.1, 0.15) is 23.4 Å². The molecule has 0 radical (unpaired) electrons. The molecule has 4 N–H and O–H groups in total. The number of nitrogens with zero attached hydrogens (tertiary/aromatic N) is 4. The number of aryl methyl sites for hydroxylation is 1. The highest BCUT2D eigenvalue weighted by Gasteiger charge is 2.17. The Bertz CT molecular complexity index is 1090. The Kier molecular flexibility index (Phi) is 6.85. The summed E-state index contributed by atoms with van der Waals surface area (Å²) < 4.78 is 11.5. The predicted molar refractivity (Wildman–Crippen MR) is 111 cm³/mol. The van der Waals surface area contributed by atoms with Crippen LogP contribution in [-0.2, 0) is 0 Å². The maximum Gasteiger partial charge on any atom is 0.404 e. The molecule has 31 heavy (non-hydrogen) atoms. The molecule has 0 saturated carbocycles. The molecule has 11 nitrogen and oxygen atoms in total. The average molecular weight is 423 g/mol. The van der Waals surface area contributed by atoms with Crippen molar-refractivity contribution in [1.82, 2.24) is 25.5 Å². The Labute approximate surface area is 178 Å². The van der Waals surface area contributed by atoms with Crippen LogP contribution in [0, 0.1) is 18.3 Å². The molecule has 0 atom stereocenters. The second kappa shape index (κ2) is 9.93. The molecule has 3 rings (SSSR count). The monoisotopic (exact) mass is 423 g/mol. The van der Waals surface area contributed by atoms with E-state index in [1.54, 1.807) is 13.2 Å². The van der Waals surface area contributed by atoms with Crippen LogP contribution in [0.5, 0.6) is 11.5 Å². The fourth-order valence-electron chi connectivity index (χ4n) is 2.81. The summed E-state index contributed by atoms with van der Waals surface area (Å²) in [6.07, 6.45) is 2.25. The third kappa shape index (κ3) is 5.60. The van der Waals surface area contributed by atoms with Crippen LogP contribution >= 0.6 is 0 Å². The maximum atomic E-state index is 10.6. The van der Waals surface area contributed by atoms with Crippen LogP contribution < -0.4 is 20.1 Å². The zero-order valence-corrected chi connectivity index (χ0v) is 17.0. The first kappa shape index (κ1) is 21.4. The van der Waals surface area contributed by atoms with Gasteiger partial charge >= 0.3 is 6.09 Å². The largest absolute Gasteiger partial charge is 0.496 e. The molecule has 11 heteroatoms. The summed E-state index contributed by atoms with van der Waals surface area (Å²) in [7, 11) is 1.57. The number of hydrogen-bond acceptors (Lipinski definition) is 8. The van der Waals surface area contributed by atoms with Crippen LogP contribution in [-0.4, -0.2) is 51.6 Å². The SMILES string of the molecule is COc1cc(C)cc(OCCCNC(=O)O)c1-c1cc(Nc2cnc(C#N)cn2)n[nH]1. The number of methoxy groups -OCH3 is 1. The van der Waals surface area contributed by atoms with Crippen molar-refractivity contribution < 1.29 is 19.4 Å². The molecule has 0 saturated heterocycles. The normalized spacial score (nSPS) is 10.2. The van der Waals surface area contributed by atoms with E-state index in [0.29, 0.717) is 47.4 Å². The number of anilines is 2. The van der Waals surface area contributed by atoms with E-state index in [-0.39, 0.29) is 12.2 Å². The van der Waals surface area contributed by atoms with Crippen LogP contribution in [0.4, 0.5) is 16.4 Å². The van der Waals surface area contributed by atoms with Gasteiger partial charge < -0.3 is 25.2 Å². The van der Waals surface area contributed by atoms with E-state index in [1.807, 2.05) is 25.1 Å². The van der Waals surface area contributed by atoms with Gasteiger partial charge in [-0.05, 0) is 31.0 Å². The van der Waals surface area contributed by atoms with Crippen molar-refractivity contribution in [1.29, 1.82) is 5.26 Å². The van der Waals surface area contributed by atoms with Crippen molar-refractivity contribution in [3.63, 3.8) is 0 Å². The fraction of sp³-hybridized carbons (Fsp3) is 0.250. The molecule has 0 bridgehead atoms. The molecule has 1 aromatic carbocycles. The van der Waals surface area contributed by atoms with Gasteiger partial charge in [-0.15, -0.1) is 0 Å². The van der Waals surface area contributed by atoms with Gasteiger partial charge in [-0.3, -0.25) is 5.10 Å². The highest BCUT2D eigenvalue weighted by atomic mass is 16.5. The lowest BCUT2D eigenvalue weighted by Crippen LogP contribution is -2.23. The minimum absolute atomic E-state index is 0.220. The van der Waals surface area contributed by atoms with E-state index in [9.17, 15) is 4.79 Å². The van der Waals surface area contributed by atoms with Crippen LogP contribution in [0.3, 0.4) is 0 Å². The quantitative estimate of drug-likeness (QED) is 0.380. The van der Waals surface area contributed by atoms with Gasteiger partial charge in [0.2, 0.25) is 0 Å². The van der Waals surface area contributed by atoms with Crippen molar-refractivity contribution in [3.8, 4) is 28.8 Å². The summed E-state index contributed by atoms with van der Waals surface area (Å²) in [6.45, 7) is 2.53. The van der Waals surface area contributed by atoms with Gasteiger partial charge in [0.05, 0.1) is 37.4 Å². The molecule has 0 fully saturated rings. The summed E-state index contributed by atoms with van der Waals surface area (Å²) in [5, 5.41) is 30.0. The average Bonchev–Trinajstić information content (AvgIpc) is 3.21. The van der Waals surface area contributed by atoms with Gasteiger partial charge in [-0.25, -0.2) is 14.8 Å². The molecule has 0 aliphatic rings. The summed E-state index contributed by atoms with van der Waals surface area (Å²) in [6, 6.07) is 7.44. The zero-order valence-electron chi connectivity index (χ0n) is 17.0. The Morgan fingerprint density at radius 2 is 2.03 bits per heavy atom. The Morgan fingerprint density at radius 3 is 2.71 bits per heavy atom. The maximum absolute atomic E-state index is 10.6. The lowest BCUT2D eigenvalue weighted by Gasteiger charge is -2.15. The smallest absolute Gasteiger partial charge is 0.404 e. The molecule has 0 spiro atoms. The first-order valence-corrected chi connectivity index (χ1v) is 9.33. The number of carbonyl (C=O) groups is 1. The third-order valence-corrected chi connectivity index (χ3v) is 4.15. The number of nitriles is 1. The van der Waals surface area contributed by atoms with E-state index < -0.39 is 6.09 Å². The number of amides is 1. The summed E-state index contributed by atoms with van der Waals surface area (Å²) >= 11 is 0. The number of H-pyrrole nitrogens is 1. The number of hydrogen-bond donors (Lipinski definition) is 4. The van der Waals surface area contributed by atoms with E-state index >= 15 is 0 Å². The molecule has 0 unspecified atom stereocenters. The van der Waals surface area contributed by atoms with Crippen molar-refractivity contribution in [2.75, 3.05) is 25.6 Å². The Morgan fingerprint density at radius 1 is 1.23 bits per heavy atom. The van der Waals surface area contributed by atoms with Crippen LogP contribution in [0.1, 0.15) is 17.7 Å². The minimum atomic E-state index is -1.07. The molecule has 2 aromatic heterocycles. The van der Waals surface area contributed by atoms with Crippen LogP contribution in [0.15, 0.2) is 30.6 Å². The second-order valence-electron chi connectivity index (χ2n) is 6.46. The molecule has 0 aliphatic heterocycles. The number of carboxylic acid groups (broad SMARTS) is 1. The van der Waals surface area contributed by atoms with Gasteiger partial charge in [0, 0.05) is 12.6 Å². The van der Waals surface area contributed by atoms with Crippen molar-refractivity contribution in [3.05, 3.63) is 41.9 Å². The Balaban J connectivity index is 1.80. The zero-order chi connectivity index (χ0) is 22.2. The fourth-order valence-corrected chi connectivity index (χ4v) is 2.81. The van der Waals surface area contributed by atoms with E-state index in [2.05, 4.69) is 30.8 Å². The van der Waals surface area contributed by atoms with Gasteiger partial charge in [-0.1, -0.05) is 0 Å². The third-order valence-electron chi connectivity index (χ3n) is 4.15. The topological polar surface area (TPSA) is 158 Å². The molecule has 3 aromatic rings. The second-order valence-corrected chi connectivity index (χ2v) is 6.46. The van der Waals surface area contributed by atoms with Crippen LogP contribution in [0.25, 0.3) is 11.3 Å². The molecule has 160 valence electrons. The van der Waals surface area contributed by atoms with E-state index in [4.69, 9.17) is 19.8 Å². The van der Waals surface area contributed by atoms with Gasteiger partial charge in [0.15, 0.2) is 11.5 Å². The first-order chi connectivity index (χ1) is 15.0. The number of nitrogens with one attached hydrogen (secondary N) is 3. The Hall–Kier alpha value is -4.33. The summed E-state index contributed by atoms with van der Waals surface area (Å²) in [5.74, 6) is 2.12. The van der Waals surface area contributed by atoms with Gasteiger partial charge in [-0.2, -0.15) is 10.4 Å². The summed E-state index contributed by atoms with van der Waals surface area (Å²) in [4.78, 5) is 18.6. The molecular weight excluding hydrogens is 402 g/mol. The number of aromatic amines is 1. The number of benzene rings is 1. The van der Waals surface area contributed by atoms with Crippen molar-refractivity contribution >= 4 is 17.7 Å². The van der Waals surface area contributed by atoms with Crippen molar-refractivity contribution in [2.45, 2.75) is 13.3 Å². The summed E-state index contributed by atoms with van der Waals surface area (Å²) in [5.41, 5.74) is 2.51. The molecule has 1 amide bonds. The number of ether oxygens (including phenoxy) is 2. The highest BCUT2D eigenvalue weighted by Crippen LogP contribution is 2.39. The number of aromatic nitrogens is 4. The van der Waals surface area contributed by atoms with Crippen LogP contribution in [0.2, 0.25) is 0 Å². The molecule has 2 heterocycles. The molecular formula is C20H21N7O4. The predicted octanol–water partition coefficient (Wildman–Crippen LogP) is 2.84. The van der Waals surface area contributed by atoms with E-state index in [0.717, 1.165) is 5.56 Å². The standard InChI is InChI=1S/C20H21N7O4/c1-12-6-15(30-2)19(16(7-12)31-5-3-4-22-20(28)29)14-8-17(27-26-14)25-18-11-23-13(9-21)10-24-18/h6-8,10-11,22H,3-5H2,1-2H3,(H,28,29)(H2,24,25,26,27). The van der Waals surface area contributed by atoms with Crippen molar-refractivity contribution in [2.24, 2.45) is 0 Å². The lowest BCUT2D eigenvalue weighted by atomic mass is 10.1.